The zero-order chi connectivity index (χ0) is 21.7. The molecule has 2 aromatic carbocycles. The van der Waals surface area contributed by atoms with E-state index in [1.807, 2.05) is 18.2 Å². The zero-order valence-electron chi connectivity index (χ0n) is 15.6. The molecule has 0 aliphatic heterocycles. The van der Waals surface area contributed by atoms with Crippen molar-refractivity contribution in [2.45, 2.75) is 19.6 Å². The number of hydrogen-bond donors (Lipinski definition) is 1. The van der Waals surface area contributed by atoms with Crippen molar-refractivity contribution >= 4 is 33.5 Å². The van der Waals surface area contributed by atoms with Crippen LogP contribution < -0.4 is 5.32 Å². The molecule has 30 heavy (non-hydrogen) atoms. The SMILES string of the molecule is C[C@H](NC(=O)c1cccc([N+](=O)[O-])c1)C(=O)OCc1nc(-c2cccc(Br)c2)no1. The summed E-state index contributed by atoms with van der Waals surface area (Å²) in [6.07, 6.45) is 0. The van der Waals surface area contributed by atoms with Crippen LogP contribution in [0.2, 0.25) is 0 Å². The first-order valence-corrected chi connectivity index (χ1v) is 9.43. The maximum atomic E-state index is 12.2. The number of benzene rings is 2. The summed E-state index contributed by atoms with van der Waals surface area (Å²) >= 11 is 3.36. The molecular weight excluding hydrogens is 460 g/mol. The lowest BCUT2D eigenvalue weighted by atomic mass is 10.2. The normalized spacial score (nSPS) is 11.5. The average Bonchev–Trinajstić information content (AvgIpc) is 3.21. The Morgan fingerprint density at radius 2 is 2.03 bits per heavy atom. The summed E-state index contributed by atoms with van der Waals surface area (Å²) in [5, 5.41) is 17.1. The maximum Gasteiger partial charge on any atom is 0.328 e. The standard InChI is InChI=1S/C19H15BrN4O6/c1-11(21-18(25)13-5-3-7-15(9-13)24(27)28)19(26)29-10-16-22-17(23-30-16)12-4-2-6-14(20)8-12/h2-9,11H,10H2,1H3,(H,21,25)/t11-/m0/s1. The van der Waals surface area contributed by atoms with Crippen molar-refractivity contribution in [2.24, 2.45) is 0 Å². The number of esters is 1. The molecule has 0 radical (unpaired) electrons. The summed E-state index contributed by atoms with van der Waals surface area (Å²) in [4.78, 5) is 38.7. The van der Waals surface area contributed by atoms with Gasteiger partial charge in [0.1, 0.15) is 6.04 Å². The van der Waals surface area contributed by atoms with E-state index in [0.29, 0.717) is 5.82 Å². The van der Waals surface area contributed by atoms with Gasteiger partial charge in [-0.2, -0.15) is 4.98 Å². The van der Waals surface area contributed by atoms with Gasteiger partial charge in [0.15, 0.2) is 6.61 Å². The Balaban J connectivity index is 1.55. The van der Waals surface area contributed by atoms with Crippen molar-refractivity contribution in [1.29, 1.82) is 0 Å². The van der Waals surface area contributed by atoms with Crippen molar-refractivity contribution in [2.75, 3.05) is 0 Å². The van der Waals surface area contributed by atoms with Gasteiger partial charge in [-0.1, -0.05) is 39.3 Å². The maximum absolute atomic E-state index is 12.2. The number of carbonyl (C=O) groups excluding carboxylic acids is 2. The van der Waals surface area contributed by atoms with E-state index < -0.39 is 22.8 Å². The van der Waals surface area contributed by atoms with Gasteiger partial charge in [-0.15, -0.1) is 0 Å². The monoisotopic (exact) mass is 474 g/mol. The van der Waals surface area contributed by atoms with Gasteiger partial charge in [0.05, 0.1) is 4.92 Å². The number of hydrogen-bond acceptors (Lipinski definition) is 8. The molecule has 0 spiro atoms. The fourth-order valence-electron chi connectivity index (χ4n) is 2.42. The molecule has 1 aromatic heterocycles. The summed E-state index contributed by atoms with van der Waals surface area (Å²) in [6.45, 7) is 1.16. The van der Waals surface area contributed by atoms with Crippen molar-refractivity contribution < 1.29 is 23.8 Å². The molecule has 0 fully saturated rings. The third kappa shape index (κ3) is 5.26. The molecule has 1 atom stereocenters. The molecule has 0 aliphatic rings. The van der Waals surface area contributed by atoms with Crippen LogP contribution in [0.1, 0.15) is 23.2 Å². The van der Waals surface area contributed by atoms with Gasteiger partial charge in [-0.05, 0) is 25.1 Å². The van der Waals surface area contributed by atoms with E-state index >= 15 is 0 Å². The molecule has 154 valence electrons. The number of nitrogens with zero attached hydrogens (tertiary/aromatic N) is 3. The van der Waals surface area contributed by atoms with Crippen LogP contribution in [0.3, 0.4) is 0 Å². The van der Waals surface area contributed by atoms with E-state index in [1.54, 1.807) is 6.07 Å². The molecule has 0 saturated carbocycles. The quantitative estimate of drug-likeness (QED) is 0.312. The number of nitrogens with one attached hydrogen (secondary N) is 1. The topological polar surface area (TPSA) is 137 Å². The van der Waals surface area contributed by atoms with Crippen LogP contribution in [0.15, 0.2) is 57.5 Å². The highest BCUT2D eigenvalue weighted by Gasteiger charge is 2.20. The Hall–Kier alpha value is -3.60. The van der Waals surface area contributed by atoms with Crippen molar-refractivity contribution in [3.63, 3.8) is 0 Å². The molecule has 0 saturated heterocycles. The Morgan fingerprint density at radius 3 is 2.77 bits per heavy atom. The van der Waals surface area contributed by atoms with E-state index in [0.717, 1.165) is 16.1 Å². The summed E-state index contributed by atoms with van der Waals surface area (Å²) in [5.74, 6) is -0.932. The number of carbonyl (C=O) groups is 2. The molecule has 1 amide bonds. The van der Waals surface area contributed by atoms with E-state index in [1.165, 1.54) is 25.1 Å². The van der Waals surface area contributed by atoms with Crippen LogP contribution in [0, 0.1) is 10.1 Å². The number of nitro benzene ring substituents is 1. The first kappa shape index (κ1) is 21.1. The number of non-ortho nitro benzene ring substituents is 1. The Bertz CT molecular complexity index is 1100. The summed E-state index contributed by atoms with van der Waals surface area (Å²) < 4.78 is 11.0. The van der Waals surface area contributed by atoms with Crippen LogP contribution in [-0.4, -0.2) is 33.0 Å². The predicted octanol–water partition coefficient (Wildman–Crippen LogP) is 3.27. The molecular formula is C19H15BrN4O6. The predicted molar refractivity (Wildman–Crippen MR) is 107 cm³/mol. The number of rotatable bonds is 7. The van der Waals surface area contributed by atoms with Crippen LogP contribution >= 0.6 is 15.9 Å². The lowest BCUT2D eigenvalue weighted by Gasteiger charge is -2.12. The molecule has 1 heterocycles. The average molecular weight is 475 g/mol. The first-order valence-electron chi connectivity index (χ1n) is 8.64. The Morgan fingerprint density at radius 1 is 1.27 bits per heavy atom. The largest absolute Gasteiger partial charge is 0.454 e. The highest BCUT2D eigenvalue weighted by molar-refractivity contribution is 9.10. The number of halogens is 1. The second-order valence-electron chi connectivity index (χ2n) is 6.13. The number of nitro groups is 1. The number of aromatic nitrogens is 2. The van der Waals surface area contributed by atoms with Gasteiger partial charge in [0.25, 0.3) is 17.5 Å². The van der Waals surface area contributed by atoms with Crippen LogP contribution in [0.25, 0.3) is 11.4 Å². The van der Waals surface area contributed by atoms with Gasteiger partial charge in [-0.25, -0.2) is 4.79 Å². The highest BCUT2D eigenvalue weighted by Crippen LogP contribution is 2.20. The Labute approximate surface area is 178 Å². The van der Waals surface area contributed by atoms with E-state index in [2.05, 4.69) is 31.4 Å². The van der Waals surface area contributed by atoms with Gasteiger partial charge >= 0.3 is 5.97 Å². The molecule has 11 heteroatoms. The van der Waals surface area contributed by atoms with Crippen LogP contribution in [0.4, 0.5) is 5.69 Å². The summed E-state index contributed by atoms with van der Waals surface area (Å²) in [5.41, 5.74) is 0.554. The van der Waals surface area contributed by atoms with Gasteiger partial charge in [0, 0.05) is 27.7 Å². The fraction of sp³-hybridized carbons (Fsp3) is 0.158. The van der Waals surface area contributed by atoms with E-state index in [-0.39, 0.29) is 23.7 Å². The number of amides is 1. The molecule has 1 N–H and O–H groups in total. The van der Waals surface area contributed by atoms with Gasteiger partial charge < -0.3 is 14.6 Å². The molecule has 0 aliphatic carbocycles. The first-order chi connectivity index (χ1) is 14.3. The second-order valence-corrected chi connectivity index (χ2v) is 7.05. The molecule has 3 aromatic rings. The Kier molecular flexibility index (Phi) is 6.52. The minimum Gasteiger partial charge on any atom is -0.454 e. The molecule has 3 rings (SSSR count). The van der Waals surface area contributed by atoms with Crippen LogP contribution in [0.5, 0.6) is 0 Å². The lowest BCUT2D eigenvalue weighted by Crippen LogP contribution is -2.39. The summed E-state index contributed by atoms with van der Waals surface area (Å²) in [6, 6.07) is 11.5. The third-order valence-electron chi connectivity index (χ3n) is 3.91. The van der Waals surface area contributed by atoms with Gasteiger partial charge in [-0.3, -0.25) is 14.9 Å². The van der Waals surface area contributed by atoms with Gasteiger partial charge in [0.2, 0.25) is 5.82 Å². The van der Waals surface area contributed by atoms with Crippen LogP contribution in [-0.2, 0) is 16.1 Å². The fourth-order valence-corrected chi connectivity index (χ4v) is 2.82. The third-order valence-corrected chi connectivity index (χ3v) is 4.40. The number of ether oxygens (including phenoxy) is 1. The summed E-state index contributed by atoms with van der Waals surface area (Å²) in [7, 11) is 0. The second kappa shape index (κ2) is 9.27. The lowest BCUT2D eigenvalue weighted by molar-refractivity contribution is -0.384. The van der Waals surface area contributed by atoms with Crippen molar-refractivity contribution in [3.8, 4) is 11.4 Å². The molecule has 10 nitrogen and oxygen atoms in total. The smallest absolute Gasteiger partial charge is 0.328 e. The molecule has 0 unspecified atom stereocenters. The zero-order valence-corrected chi connectivity index (χ0v) is 17.2. The minimum absolute atomic E-state index is 0.0550. The van der Waals surface area contributed by atoms with E-state index in [4.69, 9.17) is 9.26 Å². The molecule has 0 bridgehead atoms. The van der Waals surface area contributed by atoms with Crippen molar-refractivity contribution in [1.82, 2.24) is 15.5 Å². The minimum atomic E-state index is -0.996. The highest BCUT2D eigenvalue weighted by atomic mass is 79.9. The van der Waals surface area contributed by atoms with E-state index in [9.17, 15) is 19.7 Å². The van der Waals surface area contributed by atoms with Crippen molar-refractivity contribution in [3.05, 3.63) is 74.6 Å².